The lowest BCUT2D eigenvalue weighted by molar-refractivity contribution is 0.593. The van der Waals surface area contributed by atoms with E-state index in [-0.39, 0.29) is 9.92 Å². The van der Waals surface area contributed by atoms with Gasteiger partial charge in [-0.05, 0) is 24.3 Å². The Balaban J connectivity index is 2.30. The maximum absolute atomic E-state index is 12.5. The molecule has 2 aromatic heterocycles. The third-order valence-corrected chi connectivity index (χ3v) is 4.46. The summed E-state index contributed by atoms with van der Waals surface area (Å²) in [5, 5.41) is 0.899. The predicted molar refractivity (Wildman–Crippen MR) is 68.0 cm³/mol. The van der Waals surface area contributed by atoms with E-state index in [1.807, 2.05) is 6.07 Å². The van der Waals surface area contributed by atoms with Crippen molar-refractivity contribution < 1.29 is 8.42 Å². The highest BCUT2D eigenvalue weighted by Gasteiger charge is 2.21. The van der Waals surface area contributed by atoms with E-state index in [1.165, 1.54) is 6.20 Å². The van der Waals surface area contributed by atoms with E-state index in [0.717, 1.165) is 5.39 Å². The quantitative estimate of drug-likeness (QED) is 0.767. The fraction of sp³-hybridized carbons (Fsp3) is 0. The van der Waals surface area contributed by atoms with Crippen LogP contribution in [0.5, 0.6) is 0 Å². The Labute approximate surface area is 104 Å². The molecule has 4 nitrogen and oxygen atoms in total. The first-order chi connectivity index (χ1) is 8.69. The maximum atomic E-state index is 12.5. The molecule has 0 saturated heterocycles. The zero-order chi connectivity index (χ0) is 12.6. The largest absolute Gasteiger partial charge is 0.359 e. The van der Waals surface area contributed by atoms with Crippen LogP contribution in [0.4, 0.5) is 0 Å². The van der Waals surface area contributed by atoms with Gasteiger partial charge in [0.05, 0.1) is 10.4 Å². The van der Waals surface area contributed by atoms with Gasteiger partial charge in [-0.1, -0.05) is 18.2 Å². The summed E-state index contributed by atoms with van der Waals surface area (Å²) < 4.78 is 24.9. The van der Waals surface area contributed by atoms with Crippen LogP contribution in [-0.4, -0.2) is 18.4 Å². The van der Waals surface area contributed by atoms with Crippen LogP contribution in [0.15, 0.2) is 64.8 Å². The van der Waals surface area contributed by atoms with Crippen LogP contribution in [0.3, 0.4) is 0 Å². The summed E-state index contributed by atoms with van der Waals surface area (Å²) in [7, 11) is -3.58. The molecule has 0 amide bonds. The molecular formula is C13H10N2O2S. The Morgan fingerprint density at radius 3 is 2.56 bits per heavy atom. The highest BCUT2D eigenvalue weighted by molar-refractivity contribution is 7.91. The van der Waals surface area contributed by atoms with Gasteiger partial charge in [0, 0.05) is 17.8 Å². The van der Waals surface area contributed by atoms with Crippen molar-refractivity contribution in [2.75, 3.05) is 0 Å². The van der Waals surface area contributed by atoms with Crippen molar-refractivity contribution in [3.05, 3.63) is 54.9 Å². The van der Waals surface area contributed by atoms with Crippen LogP contribution in [-0.2, 0) is 9.84 Å². The Hall–Kier alpha value is -2.14. The monoisotopic (exact) mass is 258 g/mol. The molecule has 0 saturated carbocycles. The standard InChI is InChI=1S/C13H10N2O2S/c16-18(17,11-4-2-1-3-5-11)13-12-10(6-8-14-12)7-9-15-13/h1-9,14H. The summed E-state index contributed by atoms with van der Waals surface area (Å²) in [6.07, 6.45) is 3.21. The van der Waals surface area contributed by atoms with Gasteiger partial charge in [-0.15, -0.1) is 0 Å². The zero-order valence-corrected chi connectivity index (χ0v) is 10.2. The minimum atomic E-state index is -3.58. The first-order valence-corrected chi connectivity index (χ1v) is 6.90. The topological polar surface area (TPSA) is 62.8 Å². The Bertz CT molecular complexity index is 792. The van der Waals surface area contributed by atoms with Crippen LogP contribution < -0.4 is 0 Å². The second-order valence-electron chi connectivity index (χ2n) is 3.87. The molecule has 1 aromatic carbocycles. The SMILES string of the molecule is O=S(=O)(c1ccccc1)c1nccc2cc[nH]c12. The van der Waals surface area contributed by atoms with Crippen molar-refractivity contribution in [1.29, 1.82) is 0 Å². The average Bonchev–Trinajstić information content (AvgIpc) is 2.87. The minimum Gasteiger partial charge on any atom is -0.359 e. The van der Waals surface area contributed by atoms with Gasteiger partial charge in [0.25, 0.3) is 0 Å². The molecule has 5 heteroatoms. The van der Waals surface area contributed by atoms with E-state index in [1.54, 1.807) is 42.6 Å². The number of pyridine rings is 1. The molecule has 0 aliphatic rings. The second-order valence-corrected chi connectivity index (χ2v) is 5.74. The predicted octanol–water partition coefficient (Wildman–Crippen LogP) is 2.40. The fourth-order valence-corrected chi connectivity index (χ4v) is 3.25. The summed E-state index contributed by atoms with van der Waals surface area (Å²) in [5.41, 5.74) is 0.543. The van der Waals surface area contributed by atoms with E-state index in [2.05, 4.69) is 9.97 Å². The van der Waals surface area contributed by atoms with E-state index >= 15 is 0 Å². The summed E-state index contributed by atoms with van der Waals surface area (Å²) in [6, 6.07) is 11.9. The Morgan fingerprint density at radius 2 is 1.78 bits per heavy atom. The van der Waals surface area contributed by atoms with Gasteiger partial charge in [-0.3, -0.25) is 0 Å². The lowest BCUT2D eigenvalue weighted by Crippen LogP contribution is -2.04. The van der Waals surface area contributed by atoms with E-state index in [0.29, 0.717) is 5.52 Å². The van der Waals surface area contributed by atoms with Crippen molar-refractivity contribution in [3.63, 3.8) is 0 Å². The summed E-state index contributed by atoms with van der Waals surface area (Å²) in [4.78, 5) is 7.18. The average molecular weight is 258 g/mol. The molecule has 18 heavy (non-hydrogen) atoms. The first kappa shape index (κ1) is 11.0. The van der Waals surface area contributed by atoms with Gasteiger partial charge >= 0.3 is 0 Å². The minimum absolute atomic E-state index is 0.0659. The van der Waals surface area contributed by atoms with Gasteiger partial charge < -0.3 is 4.98 Å². The third kappa shape index (κ3) is 1.60. The van der Waals surface area contributed by atoms with Crippen molar-refractivity contribution >= 4 is 20.7 Å². The highest BCUT2D eigenvalue weighted by Crippen LogP contribution is 2.24. The van der Waals surface area contributed by atoms with Crippen molar-refractivity contribution in [1.82, 2.24) is 9.97 Å². The number of benzene rings is 1. The number of nitrogens with one attached hydrogen (secondary N) is 1. The molecule has 0 spiro atoms. The van der Waals surface area contributed by atoms with E-state index < -0.39 is 9.84 Å². The summed E-state index contributed by atoms with van der Waals surface area (Å²) >= 11 is 0. The molecular weight excluding hydrogens is 248 g/mol. The maximum Gasteiger partial charge on any atom is 0.225 e. The molecule has 3 rings (SSSR count). The van der Waals surface area contributed by atoms with Crippen LogP contribution >= 0.6 is 0 Å². The van der Waals surface area contributed by atoms with Crippen molar-refractivity contribution in [2.45, 2.75) is 9.92 Å². The number of hydrogen-bond acceptors (Lipinski definition) is 3. The first-order valence-electron chi connectivity index (χ1n) is 5.42. The van der Waals surface area contributed by atoms with Gasteiger partial charge in [0.1, 0.15) is 0 Å². The van der Waals surface area contributed by atoms with Crippen LogP contribution in [0.1, 0.15) is 0 Å². The van der Waals surface area contributed by atoms with Crippen LogP contribution in [0.2, 0.25) is 0 Å². The molecule has 0 radical (unpaired) electrons. The van der Waals surface area contributed by atoms with E-state index in [9.17, 15) is 8.42 Å². The third-order valence-electron chi connectivity index (χ3n) is 2.75. The number of nitrogens with zero attached hydrogens (tertiary/aromatic N) is 1. The van der Waals surface area contributed by atoms with E-state index in [4.69, 9.17) is 0 Å². The lowest BCUT2D eigenvalue weighted by atomic mass is 10.3. The number of sulfone groups is 1. The molecule has 2 heterocycles. The number of aromatic amines is 1. The number of hydrogen-bond donors (Lipinski definition) is 1. The van der Waals surface area contributed by atoms with Crippen LogP contribution in [0.25, 0.3) is 10.9 Å². The molecule has 0 aliphatic heterocycles. The number of rotatable bonds is 2. The second kappa shape index (κ2) is 3.96. The molecule has 0 bridgehead atoms. The normalized spacial score (nSPS) is 11.8. The molecule has 0 unspecified atom stereocenters. The van der Waals surface area contributed by atoms with Gasteiger partial charge in [0.15, 0.2) is 5.03 Å². The molecule has 1 N–H and O–H groups in total. The van der Waals surface area contributed by atoms with Gasteiger partial charge in [-0.25, -0.2) is 13.4 Å². The summed E-state index contributed by atoms with van der Waals surface area (Å²) in [5.74, 6) is 0. The summed E-state index contributed by atoms with van der Waals surface area (Å²) in [6.45, 7) is 0. The van der Waals surface area contributed by atoms with Gasteiger partial charge in [0.2, 0.25) is 9.84 Å². The number of H-pyrrole nitrogens is 1. The molecule has 3 aromatic rings. The molecule has 90 valence electrons. The Kier molecular flexibility index (Phi) is 2.41. The molecule has 0 aliphatic carbocycles. The van der Waals surface area contributed by atoms with Crippen molar-refractivity contribution in [3.8, 4) is 0 Å². The highest BCUT2D eigenvalue weighted by atomic mass is 32.2. The number of fused-ring (bicyclic) bond motifs is 1. The molecule has 0 atom stereocenters. The lowest BCUT2D eigenvalue weighted by Gasteiger charge is -2.04. The van der Waals surface area contributed by atoms with Crippen LogP contribution in [0, 0.1) is 0 Å². The Morgan fingerprint density at radius 1 is 1.00 bits per heavy atom. The fourth-order valence-electron chi connectivity index (χ4n) is 1.87. The van der Waals surface area contributed by atoms with Gasteiger partial charge in [-0.2, -0.15) is 0 Å². The smallest absolute Gasteiger partial charge is 0.225 e. The zero-order valence-electron chi connectivity index (χ0n) is 9.37. The number of aromatic nitrogens is 2. The van der Waals surface area contributed by atoms with Crippen molar-refractivity contribution in [2.24, 2.45) is 0 Å². The molecule has 0 fully saturated rings.